The van der Waals surface area contributed by atoms with Crippen molar-refractivity contribution in [2.24, 2.45) is 0 Å². The van der Waals surface area contributed by atoms with Crippen LogP contribution in [0.1, 0.15) is 38.0 Å². The van der Waals surface area contributed by atoms with E-state index in [4.69, 9.17) is 0 Å². The van der Waals surface area contributed by atoms with Gasteiger partial charge in [-0.1, -0.05) is 30.3 Å². The summed E-state index contributed by atoms with van der Waals surface area (Å²) in [6.07, 6.45) is 0.640. The van der Waals surface area contributed by atoms with Crippen molar-refractivity contribution in [2.45, 2.75) is 6.92 Å². The fourth-order valence-electron chi connectivity index (χ4n) is 1.82. The second-order valence-electron chi connectivity index (χ2n) is 4.30. The number of hydrogen-bond donors (Lipinski definition) is 1. The van der Waals surface area contributed by atoms with Crippen LogP contribution in [0.15, 0.2) is 48.5 Å². The van der Waals surface area contributed by atoms with Crippen molar-refractivity contribution in [1.82, 2.24) is 0 Å². The summed E-state index contributed by atoms with van der Waals surface area (Å²) in [7, 11) is 0. The van der Waals surface area contributed by atoms with Crippen LogP contribution in [0.4, 0.5) is 5.69 Å². The molecule has 0 saturated carbocycles. The second kappa shape index (κ2) is 5.93. The van der Waals surface area contributed by atoms with E-state index >= 15 is 0 Å². The van der Waals surface area contributed by atoms with Crippen molar-refractivity contribution in [3.63, 3.8) is 0 Å². The van der Waals surface area contributed by atoms with Crippen LogP contribution >= 0.6 is 0 Å². The minimum atomic E-state index is -0.381. The zero-order valence-electron chi connectivity index (χ0n) is 10.9. The Labute approximate surface area is 116 Å². The third-order valence-corrected chi connectivity index (χ3v) is 2.86. The number of rotatable bonds is 4. The molecule has 4 nitrogen and oxygen atoms in total. The number of aldehydes is 1. The Morgan fingerprint density at radius 3 is 2.50 bits per heavy atom. The minimum Gasteiger partial charge on any atom is -0.322 e. The number of amides is 1. The number of nitrogens with one attached hydrogen (secondary N) is 1. The first-order chi connectivity index (χ1) is 9.61. The van der Waals surface area contributed by atoms with Crippen molar-refractivity contribution in [3.8, 4) is 0 Å². The quantitative estimate of drug-likeness (QED) is 0.684. The first kappa shape index (κ1) is 13.7. The molecule has 2 aromatic carbocycles. The highest BCUT2D eigenvalue weighted by molar-refractivity contribution is 6.09. The number of Topliss-reactive ketones (excluding diaryl/α,β-unsaturated/α-hetero) is 1. The molecule has 0 bridgehead atoms. The van der Waals surface area contributed by atoms with Gasteiger partial charge >= 0.3 is 0 Å². The SMILES string of the molecule is CC(=O)c1cccc(NC(=O)c2ccccc2C=O)c1. The maximum atomic E-state index is 12.1. The molecule has 1 N–H and O–H groups in total. The van der Waals surface area contributed by atoms with Gasteiger partial charge in [-0.15, -0.1) is 0 Å². The van der Waals surface area contributed by atoms with Gasteiger partial charge in [-0.2, -0.15) is 0 Å². The summed E-state index contributed by atoms with van der Waals surface area (Å²) in [5.74, 6) is -0.456. The van der Waals surface area contributed by atoms with E-state index in [9.17, 15) is 14.4 Å². The summed E-state index contributed by atoms with van der Waals surface area (Å²) >= 11 is 0. The van der Waals surface area contributed by atoms with Crippen LogP contribution in [0.3, 0.4) is 0 Å². The monoisotopic (exact) mass is 267 g/mol. The maximum Gasteiger partial charge on any atom is 0.256 e. The molecule has 0 aliphatic carbocycles. The molecule has 0 unspecified atom stereocenters. The molecule has 0 radical (unpaired) electrons. The molecule has 2 aromatic rings. The molecule has 2 rings (SSSR count). The van der Waals surface area contributed by atoms with Crippen LogP contribution in [0.5, 0.6) is 0 Å². The van der Waals surface area contributed by atoms with Crippen molar-refractivity contribution in [1.29, 1.82) is 0 Å². The second-order valence-corrected chi connectivity index (χ2v) is 4.30. The maximum absolute atomic E-state index is 12.1. The van der Waals surface area contributed by atoms with Gasteiger partial charge in [0.15, 0.2) is 12.1 Å². The van der Waals surface area contributed by atoms with Crippen LogP contribution < -0.4 is 5.32 Å². The zero-order valence-corrected chi connectivity index (χ0v) is 10.9. The smallest absolute Gasteiger partial charge is 0.256 e. The van der Waals surface area contributed by atoms with Gasteiger partial charge in [-0.25, -0.2) is 0 Å². The Hall–Kier alpha value is -2.75. The van der Waals surface area contributed by atoms with Gasteiger partial charge in [0.2, 0.25) is 0 Å². The lowest BCUT2D eigenvalue weighted by Gasteiger charge is -2.07. The number of anilines is 1. The Bertz CT molecular complexity index is 677. The first-order valence-corrected chi connectivity index (χ1v) is 6.08. The minimum absolute atomic E-state index is 0.0746. The van der Waals surface area contributed by atoms with E-state index in [1.54, 1.807) is 48.5 Å². The highest BCUT2D eigenvalue weighted by Gasteiger charge is 2.11. The van der Waals surface area contributed by atoms with Gasteiger partial charge in [0.05, 0.1) is 5.56 Å². The molecule has 1 amide bonds. The van der Waals surface area contributed by atoms with Crippen LogP contribution in [-0.4, -0.2) is 18.0 Å². The predicted octanol–water partition coefficient (Wildman–Crippen LogP) is 2.95. The van der Waals surface area contributed by atoms with Gasteiger partial charge < -0.3 is 5.32 Å². The summed E-state index contributed by atoms with van der Waals surface area (Å²) in [5, 5.41) is 2.68. The molecule has 0 saturated heterocycles. The van der Waals surface area contributed by atoms with Crippen molar-refractivity contribution in [2.75, 3.05) is 5.32 Å². The van der Waals surface area contributed by atoms with Gasteiger partial charge in [0.1, 0.15) is 0 Å². The van der Waals surface area contributed by atoms with E-state index in [0.29, 0.717) is 28.7 Å². The topological polar surface area (TPSA) is 63.2 Å². The van der Waals surface area contributed by atoms with Crippen molar-refractivity contribution >= 4 is 23.7 Å². The molecule has 0 heterocycles. The number of carbonyl (C=O) groups excluding carboxylic acids is 3. The van der Waals surface area contributed by atoms with Crippen LogP contribution in [0.25, 0.3) is 0 Å². The van der Waals surface area contributed by atoms with Crippen molar-refractivity contribution in [3.05, 3.63) is 65.2 Å². The zero-order chi connectivity index (χ0) is 14.5. The average molecular weight is 267 g/mol. The van der Waals surface area contributed by atoms with E-state index in [0.717, 1.165) is 0 Å². The van der Waals surface area contributed by atoms with E-state index in [1.165, 1.54) is 6.92 Å². The molecule has 0 aliphatic rings. The summed E-state index contributed by atoms with van der Waals surface area (Å²) in [6.45, 7) is 1.46. The fraction of sp³-hybridized carbons (Fsp3) is 0.0625. The molecule has 100 valence electrons. The molecule has 0 spiro atoms. The first-order valence-electron chi connectivity index (χ1n) is 6.08. The highest BCUT2D eigenvalue weighted by atomic mass is 16.2. The fourth-order valence-corrected chi connectivity index (χ4v) is 1.82. The lowest BCUT2D eigenvalue weighted by Crippen LogP contribution is -2.14. The average Bonchev–Trinajstić information content (AvgIpc) is 2.47. The molecule has 0 aromatic heterocycles. The van der Waals surface area contributed by atoms with Gasteiger partial charge in [-0.05, 0) is 25.1 Å². The number of carbonyl (C=O) groups is 3. The van der Waals surface area contributed by atoms with Crippen LogP contribution in [0, 0.1) is 0 Å². The Kier molecular flexibility index (Phi) is 4.05. The van der Waals surface area contributed by atoms with E-state index in [-0.39, 0.29) is 11.7 Å². The van der Waals surface area contributed by atoms with Crippen LogP contribution in [0.2, 0.25) is 0 Å². The van der Waals surface area contributed by atoms with Crippen LogP contribution in [-0.2, 0) is 0 Å². The number of benzene rings is 2. The molecular formula is C16H13NO3. The summed E-state index contributed by atoms with van der Waals surface area (Å²) in [6, 6.07) is 13.2. The lowest BCUT2D eigenvalue weighted by molar-refractivity contribution is 0.100. The molecule has 0 atom stereocenters. The number of ketones is 1. The molecule has 4 heteroatoms. The van der Waals surface area contributed by atoms with Gasteiger partial charge in [0, 0.05) is 16.8 Å². The summed E-state index contributed by atoms with van der Waals surface area (Å²) in [5.41, 5.74) is 1.67. The third kappa shape index (κ3) is 2.98. The Morgan fingerprint density at radius 2 is 1.80 bits per heavy atom. The predicted molar refractivity (Wildman–Crippen MR) is 76.2 cm³/mol. The van der Waals surface area contributed by atoms with Gasteiger partial charge in [-0.3, -0.25) is 14.4 Å². The standard InChI is InChI=1S/C16H13NO3/c1-11(19)12-6-4-7-14(9-12)17-16(20)15-8-3-2-5-13(15)10-18/h2-10H,1H3,(H,17,20). The third-order valence-electron chi connectivity index (χ3n) is 2.86. The largest absolute Gasteiger partial charge is 0.322 e. The van der Waals surface area contributed by atoms with Crippen molar-refractivity contribution < 1.29 is 14.4 Å². The highest BCUT2D eigenvalue weighted by Crippen LogP contribution is 2.14. The van der Waals surface area contributed by atoms with E-state index in [2.05, 4.69) is 5.32 Å². The van der Waals surface area contributed by atoms with Gasteiger partial charge in [0.25, 0.3) is 5.91 Å². The summed E-state index contributed by atoms with van der Waals surface area (Å²) < 4.78 is 0. The van der Waals surface area contributed by atoms with E-state index < -0.39 is 0 Å². The summed E-state index contributed by atoms with van der Waals surface area (Å²) in [4.78, 5) is 34.3. The normalized spacial score (nSPS) is 9.85. The molecule has 0 aliphatic heterocycles. The molecule has 20 heavy (non-hydrogen) atoms. The lowest BCUT2D eigenvalue weighted by atomic mass is 10.1. The molecule has 0 fully saturated rings. The Morgan fingerprint density at radius 1 is 1.05 bits per heavy atom. The Balaban J connectivity index is 2.25. The van der Waals surface area contributed by atoms with E-state index in [1.807, 2.05) is 0 Å². The molecular weight excluding hydrogens is 254 g/mol. The number of hydrogen-bond acceptors (Lipinski definition) is 3.